The fourth-order valence-corrected chi connectivity index (χ4v) is 3.72. The average Bonchev–Trinajstić information content (AvgIpc) is 2.90. The van der Waals surface area contributed by atoms with Crippen LogP contribution < -0.4 is 10.4 Å². The second kappa shape index (κ2) is 7.89. The summed E-state index contributed by atoms with van der Waals surface area (Å²) in [6, 6.07) is 6.39. The molecule has 2 atom stereocenters. The Balaban J connectivity index is 2.18. The SMILES string of the molecule is C/C=C(\C)C(=O)O[C@H](c1cc2ccc(=O)oc2cc1OC)[C@@H]1OC(C)(C)OC1(C)C. The fourth-order valence-electron chi connectivity index (χ4n) is 3.72. The van der Waals surface area contributed by atoms with Crippen LogP contribution in [0.3, 0.4) is 0 Å². The monoisotopic (exact) mass is 416 g/mol. The third kappa shape index (κ3) is 4.27. The van der Waals surface area contributed by atoms with Crippen LogP contribution in [0.1, 0.15) is 53.2 Å². The Hall–Kier alpha value is -2.64. The molecular formula is C23H28O7. The summed E-state index contributed by atoms with van der Waals surface area (Å²) >= 11 is 0. The lowest BCUT2D eigenvalue weighted by Gasteiger charge is -2.31. The lowest BCUT2D eigenvalue weighted by molar-refractivity contribution is -0.171. The number of methoxy groups -OCH3 is 1. The van der Waals surface area contributed by atoms with Gasteiger partial charge >= 0.3 is 11.6 Å². The molecule has 1 aromatic carbocycles. The first-order valence-electron chi connectivity index (χ1n) is 9.81. The smallest absolute Gasteiger partial charge is 0.336 e. The first-order chi connectivity index (χ1) is 14.0. The zero-order valence-corrected chi connectivity index (χ0v) is 18.4. The van der Waals surface area contributed by atoms with Crippen molar-refractivity contribution in [3.05, 3.63) is 51.9 Å². The van der Waals surface area contributed by atoms with Gasteiger partial charge in [0.15, 0.2) is 11.9 Å². The summed E-state index contributed by atoms with van der Waals surface area (Å²) < 4.78 is 29.0. The maximum absolute atomic E-state index is 12.7. The van der Waals surface area contributed by atoms with E-state index < -0.39 is 35.2 Å². The van der Waals surface area contributed by atoms with Crippen molar-refractivity contribution in [2.45, 2.75) is 65.1 Å². The summed E-state index contributed by atoms with van der Waals surface area (Å²) in [7, 11) is 1.50. The molecule has 1 fully saturated rings. The van der Waals surface area contributed by atoms with E-state index in [0.29, 0.717) is 27.9 Å². The molecule has 1 aromatic heterocycles. The van der Waals surface area contributed by atoms with E-state index in [9.17, 15) is 9.59 Å². The number of hydrogen-bond donors (Lipinski definition) is 0. The Morgan fingerprint density at radius 3 is 2.47 bits per heavy atom. The number of esters is 1. The highest BCUT2D eigenvalue weighted by Gasteiger charge is 2.52. The Morgan fingerprint density at radius 2 is 1.90 bits per heavy atom. The second-order valence-electron chi connectivity index (χ2n) is 8.33. The van der Waals surface area contributed by atoms with Crippen molar-refractivity contribution in [2.24, 2.45) is 0 Å². The molecule has 0 bridgehead atoms. The van der Waals surface area contributed by atoms with Gasteiger partial charge in [-0.25, -0.2) is 9.59 Å². The minimum Gasteiger partial charge on any atom is -0.496 e. The fraction of sp³-hybridized carbons (Fsp3) is 0.478. The van der Waals surface area contributed by atoms with Gasteiger partial charge in [0.1, 0.15) is 17.4 Å². The third-order valence-electron chi connectivity index (χ3n) is 5.15. The van der Waals surface area contributed by atoms with Crippen molar-refractivity contribution in [3.63, 3.8) is 0 Å². The summed E-state index contributed by atoms with van der Waals surface area (Å²) in [4.78, 5) is 24.3. The van der Waals surface area contributed by atoms with Crippen molar-refractivity contribution in [3.8, 4) is 5.75 Å². The predicted molar refractivity (Wildman–Crippen MR) is 111 cm³/mol. The van der Waals surface area contributed by atoms with Crippen molar-refractivity contribution < 1.29 is 28.2 Å². The van der Waals surface area contributed by atoms with E-state index >= 15 is 0 Å². The molecule has 1 aliphatic heterocycles. The number of carbonyl (C=O) groups excluding carboxylic acids is 1. The minimum absolute atomic E-state index is 0.376. The highest BCUT2D eigenvalue weighted by molar-refractivity contribution is 5.88. The lowest BCUT2D eigenvalue weighted by Crippen LogP contribution is -2.39. The van der Waals surface area contributed by atoms with E-state index in [0.717, 1.165) is 0 Å². The van der Waals surface area contributed by atoms with E-state index in [4.69, 9.17) is 23.4 Å². The van der Waals surface area contributed by atoms with Gasteiger partial charge in [0.2, 0.25) is 0 Å². The van der Waals surface area contributed by atoms with Crippen LogP contribution in [0.15, 0.2) is 45.1 Å². The van der Waals surface area contributed by atoms with Gasteiger partial charge in [0.05, 0.1) is 12.7 Å². The van der Waals surface area contributed by atoms with Gasteiger partial charge in [-0.2, -0.15) is 0 Å². The zero-order valence-electron chi connectivity index (χ0n) is 18.4. The third-order valence-corrected chi connectivity index (χ3v) is 5.15. The number of benzene rings is 1. The molecule has 30 heavy (non-hydrogen) atoms. The molecule has 0 saturated carbocycles. The van der Waals surface area contributed by atoms with Crippen LogP contribution in [0.5, 0.6) is 5.75 Å². The Labute approximate surface area is 175 Å². The van der Waals surface area contributed by atoms with Crippen LogP contribution in [0.4, 0.5) is 0 Å². The van der Waals surface area contributed by atoms with E-state index in [1.54, 1.807) is 38.1 Å². The van der Waals surface area contributed by atoms with Gasteiger partial charge < -0.3 is 23.4 Å². The normalized spacial score (nSPS) is 21.4. The van der Waals surface area contributed by atoms with E-state index in [-0.39, 0.29) is 0 Å². The standard InChI is InChI=1S/C23H28O7/c1-8-13(2)21(25)28-19(20-22(3,4)30-23(5,6)29-20)15-11-14-9-10-18(24)27-16(14)12-17(15)26-7/h8-12,19-20H,1-7H3/b13-8+/t19-,20+/m1/s1. The van der Waals surface area contributed by atoms with Crippen LogP contribution in [0, 0.1) is 0 Å². The van der Waals surface area contributed by atoms with E-state index in [1.165, 1.54) is 13.2 Å². The van der Waals surface area contributed by atoms with Crippen molar-refractivity contribution in [1.82, 2.24) is 0 Å². The number of fused-ring (bicyclic) bond motifs is 1. The van der Waals surface area contributed by atoms with Gasteiger partial charge in [-0.1, -0.05) is 6.08 Å². The predicted octanol–water partition coefficient (Wildman–Crippen LogP) is 4.28. The Bertz CT molecular complexity index is 1050. The molecular weight excluding hydrogens is 388 g/mol. The van der Waals surface area contributed by atoms with Crippen LogP contribution in [0.25, 0.3) is 11.0 Å². The van der Waals surface area contributed by atoms with Gasteiger partial charge in [0.25, 0.3) is 0 Å². The molecule has 2 aromatic rings. The summed E-state index contributed by atoms with van der Waals surface area (Å²) in [5.74, 6) is -0.907. The maximum Gasteiger partial charge on any atom is 0.336 e. The minimum atomic E-state index is -0.856. The molecule has 0 spiro atoms. The molecule has 2 heterocycles. The molecule has 3 rings (SSSR count). The first kappa shape index (κ1) is 22.1. The van der Waals surface area contributed by atoms with Gasteiger partial charge in [0, 0.05) is 28.7 Å². The zero-order chi connectivity index (χ0) is 22.3. The molecule has 0 radical (unpaired) electrons. The number of carbonyl (C=O) groups is 1. The Morgan fingerprint density at radius 1 is 1.20 bits per heavy atom. The van der Waals surface area contributed by atoms with Crippen molar-refractivity contribution in [1.29, 1.82) is 0 Å². The van der Waals surface area contributed by atoms with Crippen LogP contribution in [-0.2, 0) is 19.0 Å². The largest absolute Gasteiger partial charge is 0.496 e. The van der Waals surface area contributed by atoms with Gasteiger partial charge in [-0.15, -0.1) is 0 Å². The molecule has 0 N–H and O–H groups in total. The molecule has 7 nitrogen and oxygen atoms in total. The molecule has 1 aliphatic rings. The number of ether oxygens (including phenoxy) is 4. The highest BCUT2D eigenvalue weighted by Crippen LogP contribution is 2.46. The summed E-state index contributed by atoms with van der Waals surface area (Å²) in [6.07, 6.45) is 0.255. The number of rotatable bonds is 5. The summed E-state index contributed by atoms with van der Waals surface area (Å²) in [5.41, 5.74) is 0.235. The summed E-state index contributed by atoms with van der Waals surface area (Å²) in [6.45, 7) is 10.9. The molecule has 162 valence electrons. The molecule has 7 heteroatoms. The van der Waals surface area contributed by atoms with E-state index in [1.807, 2.05) is 27.7 Å². The molecule has 1 saturated heterocycles. The second-order valence-corrected chi connectivity index (χ2v) is 8.33. The van der Waals surface area contributed by atoms with Gasteiger partial charge in [-0.05, 0) is 53.7 Å². The molecule has 0 unspecified atom stereocenters. The molecule has 0 amide bonds. The average molecular weight is 416 g/mol. The maximum atomic E-state index is 12.7. The van der Waals surface area contributed by atoms with Crippen LogP contribution in [0.2, 0.25) is 0 Å². The topological polar surface area (TPSA) is 84.2 Å². The van der Waals surface area contributed by atoms with Gasteiger partial charge in [-0.3, -0.25) is 0 Å². The lowest BCUT2D eigenvalue weighted by atomic mass is 9.91. The van der Waals surface area contributed by atoms with Crippen LogP contribution in [-0.4, -0.2) is 30.6 Å². The Kier molecular flexibility index (Phi) is 5.80. The number of hydrogen-bond acceptors (Lipinski definition) is 7. The number of allylic oxidation sites excluding steroid dienone is 1. The van der Waals surface area contributed by atoms with Crippen molar-refractivity contribution >= 4 is 16.9 Å². The van der Waals surface area contributed by atoms with Crippen molar-refractivity contribution in [2.75, 3.05) is 7.11 Å². The van der Waals surface area contributed by atoms with E-state index in [2.05, 4.69) is 0 Å². The molecule has 0 aliphatic carbocycles. The summed E-state index contributed by atoms with van der Waals surface area (Å²) in [5, 5.41) is 0.671. The first-order valence-corrected chi connectivity index (χ1v) is 9.81. The quantitative estimate of drug-likeness (QED) is 0.408. The highest BCUT2D eigenvalue weighted by atomic mass is 16.8. The van der Waals surface area contributed by atoms with Crippen LogP contribution >= 0.6 is 0 Å².